The third-order valence-corrected chi connectivity index (χ3v) is 12.0. The second kappa shape index (κ2) is 17.7. The first-order valence-electron chi connectivity index (χ1n) is 20.6. The van der Waals surface area contributed by atoms with Gasteiger partial charge in [0.05, 0.1) is 18.2 Å². The highest BCUT2D eigenvalue weighted by Gasteiger charge is 2.65. The number of hydrogen-bond donors (Lipinski definition) is 2. The lowest BCUT2D eigenvalue weighted by atomic mass is 9.55. The number of aliphatic hydroxyl groups is 2. The van der Waals surface area contributed by atoms with E-state index in [4.69, 9.17) is 24.2 Å². The predicted octanol–water partition coefficient (Wildman–Crippen LogP) is 8.93. The Hall–Kier alpha value is -4.18. The number of hydrogen-bond acceptors (Lipinski definition) is 8. The summed E-state index contributed by atoms with van der Waals surface area (Å²) < 4.78 is 21.0. The quantitative estimate of drug-likeness (QED) is 0.0716. The molecule has 2 saturated carbocycles. The molecule has 4 aliphatic rings. The highest BCUT2D eigenvalue weighted by atomic mass is 16.7. The zero-order chi connectivity index (χ0) is 38.4. The van der Waals surface area contributed by atoms with Crippen molar-refractivity contribution in [2.45, 2.75) is 95.8 Å². The van der Waals surface area contributed by atoms with Crippen LogP contribution in [0.2, 0.25) is 0 Å². The van der Waals surface area contributed by atoms with Crippen LogP contribution in [0, 0.1) is 23.7 Å². The molecule has 1 aliphatic heterocycles. The molecule has 6 atom stereocenters. The van der Waals surface area contributed by atoms with Crippen LogP contribution in [0.25, 0.3) is 10.8 Å². The van der Waals surface area contributed by atoms with Gasteiger partial charge in [-0.3, -0.25) is 4.79 Å². The molecule has 2 fully saturated rings. The molecule has 0 bridgehead atoms. The van der Waals surface area contributed by atoms with E-state index in [-0.39, 0.29) is 55.3 Å². The van der Waals surface area contributed by atoms with Crippen LogP contribution in [0.4, 0.5) is 0 Å². The first kappa shape index (κ1) is 39.1. The van der Waals surface area contributed by atoms with Crippen LogP contribution < -0.4 is 9.47 Å². The van der Waals surface area contributed by atoms with Gasteiger partial charge in [0, 0.05) is 43.6 Å². The van der Waals surface area contributed by atoms with Gasteiger partial charge in [0.2, 0.25) is 11.7 Å². The van der Waals surface area contributed by atoms with Crippen molar-refractivity contribution in [1.82, 2.24) is 4.90 Å². The average molecular weight is 751 g/mol. The summed E-state index contributed by atoms with van der Waals surface area (Å²) in [4.78, 5) is 22.2. The number of rotatable bonds is 19. The first-order valence-corrected chi connectivity index (χ1v) is 20.6. The van der Waals surface area contributed by atoms with Gasteiger partial charge in [-0.25, -0.2) is 0 Å². The number of ether oxygens (including phenoxy) is 3. The van der Waals surface area contributed by atoms with Crippen molar-refractivity contribution in [3.63, 3.8) is 0 Å². The lowest BCUT2D eigenvalue weighted by Gasteiger charge is -2.60. The molecule has 294 valence electrons. The smallest absolute Gasteiger partial charge is 0.239 e. The molecule has 0 spiro atoms. The van der Waals surface area contributed by atoms with Crippen LogP contribution in [0.5, 0.6) is 17.2 Å². The summed E-state index contributed by atoms with van der Waals surface area (Å²) in [6, 6.07) is 20.1. The molecule has 0 radical (unpaired) electrons. The van der Waals surface area contributed by atoms with Gasteiger partial charge >= 0.3 is 0 Å². The summed E-state index contributed by atoms with van der Waals surface area (Å²) in [6.07, 6.45) is 12.1. The van der Waals surface area contributed by atoms with Crippen molar-refractivity contribution in [2.75, 3.05) is 33.0 Å². The second-order valence-electron chi connectivity index (χ2n) is 15.6. The minimum atomic E-state index is -1.23. The van der Waals surface area contributed by atoms with Crippen LogP contribution in [0.3, 0.4) is 0 Å². The van der Waals surface area contributed by atoms with E-state index in [1.807, 2.05) is 42.2 Å². The molecule has 9 heteroatoms. The molecule has 1 heterocycles. The molecule has 7 rings (SSSR count). The van der Waals surface area contributed by atoms with Crippen molar-refractivity contribution in [3.05, 3.63) is 90.5 Å². The average Bonchev–Trinajstić information content (AvgIpc) is 4.06. The van der Waals surface area contributed by atoms with Gasteiger partial charge in [0.25, 0.3) is 0 Å². The first-order chi connectivity index (χ1) is 27.0. The summed E-state index contributed by atoms with van der Waals surface area (Å²) in [7, 11) is 0. The molecule has 3 aliphatic carbocycles. The van der Waals surface area contributed by atoms with E-state index in [9.17, 15) is 15.0 Å². The number of unbranched alkanes of at least 4 members (excludes halogenated alkanes) is 2. The Kier molecular flexibility index (Phi) is 12.6. The Balaban J connectivity index is 1.42. The van der Waals surface area contributed by atoms with E-state index in [0.29, 0.717) is 31.7 Å². The highest BCUT2D eigenvalue weighted by molar-refractivity contribution is 6.03. The van der Waals surface area contributed by atoms with Crippen molar-refractivity contribution < 1.29 is 34.1 Å². The van der Waals surface area contributed by atoms with E-state index in [2.05, 4.69) is 49.9 Å². The number of carbonyl (C=O) groups is 1. The van der Waals surface area contributed by atoms with Gasteiger partial charge in [-0.1, -0.05) is 67.4 Å². The third kappa shape index (κ3) is 8.07. The van der Waals surface area contributed by atoms with E-state index < -0.39 is 11.8 Å². The summed E-state index contributed by atoms with van der Waals surface area (Å²) in [5.41, 5.74) is 2.92. The topological polar surface area (TPSA) is 110 Å². The number of aliphatic hydroxyl groups excluding tert-OH is 2. The molecular formula is C46H58N2O7. The monoisotopic (exact) mass is 750 g/mol. The number of benzene rings is 3. The summed E-state index contributed by atoms with van der Waals surface area (Å²) >= 11 is 0. The lowest BCUT2D eigenvalue weighted by molar-refractivity contribution is -0.257. The van der Waals surface area contributed by atoms with Crippen LogP contribution >= 0.6 is 0 Å². The maximum atomic E-state index is 14.3. The molecule has 0 unspecified atom stereocenters. The molecule has 2 N–H and O–H groups in total. The highest BCUT2D eigenvalue weighted by Crippen LogP contribution is 2.62. The zero-order valence-corrected chi connectivity index (χ0v) is 32.5. The maximum absolute atomic E-state index is 14.3. The Labute approximate surface area is 326 Å². The number of amides is 1. The molecule has 0 saturated heterocycles. The van der Waals surface area contributed by atoms with Crippen LogP contribution in [0.15, 0.2) is 90.1 Å². The minimum Gasteiger partial charge on any atom is -0.459 e. The standard InChI is InChI=1S/C46H58N2O7/c1-4-23-48(45(51)32-17-18-32)42-30-40(47-53-6-3)38-28-34(15-9-11-24-49)37(16-10-12-25-50)43-39-29-36(54-35-20-19-31-13-7-8-14-33(31)27-35)21-22-41(39)55-46(42,44(38)43)52-26-5-2/h5,7-8,13-14,19-22,27-29,32,34,37,42-44,49-50H,2,4,6,9-12,15-18,23-26,30H2,1,3H3/t34-,37+,42-,43+,44+,46+/m0/s1. The van der Waals surface area contributed by atoms with Crippen LogP contribution in [-0.4, -0.2) is 71.5 Å². The fraction of sp³-hybridized carbons (Fsp3) is 0.522. The molecule has 3 aromatic rings. The summed E-state index contributed by atoms with van der Waals surface area (Å²) in [6.45, 7) is 9.62. The Morgan fingerprint density at radius 3 is 2.45 bits per heavy atom. The SMILES string of the molecule is C=CCO[C@@]12Oc3ccc(Oc4ccc5ccccc5c4)cc3[C@H]3[C@H](CCCCO)[C@@H](CCCCO)C=C(C(=NOCC)C[C@@H]1N(CCC)C(=O)C1CC1)[C@H]32. The van der Waals surface area contributed by atoms with Crippen molar-refractivity contribution in [1.29, 1.82) is 0 Å². The normalized spacial score (nSPS) is 26.1. The largest absolute Gasteiger partial charge is 0.459 e. The van der Waals surface area contributed by atoms with E-state index >= 15 is 0 Å². The van der Waals surface area contributed by atoms with Crippen molar-refractivity contribution >= 4 is 22.4 Å². The van der Waals surface area contributed by atoms with E-state index in [1.165, 1.54) is 0 Å². The Morgan fingerprint density at radius 1 is 0.982 bits per heavy atom. The molecular weight excluding hydrogens is 693 g/mol. The van der Waals surface area contributed by atoms with Gasteiger partial charge in [-0.15, -0.1) is 6.58 Å². The zero-order valence-electron chi connectivity index (χ0n) is 32.5. The third-order valence-electron chi connectivity index (χ3n) is 12.0. The molecule has 9 nitrogen and oxygen atoms in total. The van der Waals surface area contributed by atoms with Crippen LogP contribution in [0.1, 0.15) is 89.5 Å². The van der Waals surface area contributed by atoms with Gasteiger partial charge < -0.3 is 34.2 Å². The molecule has 3 aromatic carbocycles. The Bertz CT molecular complexity index is 1870. The maximum Gasteiger partial charge on any atom is 0.239 e. The Morgan fingerprint density at radius 2 is 1.73 bits per heavy atom. The number of allylic oxidation sites excluding steroid dienone is 1. The summed E-state index contributed by atoms with van der Waals surface area (Å²) in [5.74, 6) is 1.02. The summed E-state index contributed by atoms with van der Waals surface area (Å²) in [5, 5.41) is 26.8. The van der Waals surface area contributed by atoms with Gasteiger partial charge in [-0.2, -0.15) is 0 Å². The molecule has 0 aromatic heterocycles. The number of nitrogens with zero attached hydrogens (tertiary/aromatic N) is 2. The fourth-order valence-corrected chi connectivity index (χ4v) is 9.45. The minimum absolute atomic E-state index is 0.0159. The predicted molar refractivity (Wildman–Crippen MR) is 215 cm³/mol. The molecule has 1 amide bonds. The van der Waals surface area contributed by atoms with E-state index in [0.717, 1.165) is 90.5 Å². The molecule has 55 heavy (non-hydrogen) atoms. The van der Waals surface area contributed by atoms with Gasteiger partial charge in [-0.05, 0) is 110 Å². The lowest BCUT2D eigenvalue weighted by Crippen LogP contribution is -2.70. The van der Waals surface area contributed by atoms with E-state index in [1.54, 1.807) is 6.08 Å². The second-order valence-corrected chi connectivity index (χ2v) is 15.6. The number of fused-ring (bicyclic) bond motifs is 3. The van der Waals surface area contributed by atoms with Crippen molar-refractivity contribution in [2.24, 2.45) is 28.8 Å². The van der Waals surface area contributed by atoms with Gasteiger partial charge in [0.15, 0.2) is 0 Å². The number of oxime groups is 1. The number of carbonyl (C=O) groups excluding carboxylic acids is 1. The van der Waals surface area contributed by atoms with Crippen molar-refractivity contribution in [3.8, 4) is 17.2 Å². The fourth-order valence-electron chi connectivity index (χ4n) is 9.45. The van der Waals surface area contributed by atoms with Gasteiger partial charge in [0.1, 0.15) is 29.9 Å². The van der Waals surface area contributed by atoms with Crippen LogP contribution in [-0.2, 0) is 14.4 Å².